The zero-order chi connectivity index (χ0) is 13.3. The molecule has 0 heterocycles. The van der Waals surface area contributed by atoms with Gasteiger partial charge in [-0.25, -0.2) is 0 Å². The van der Waals surface area contributed by atoms with E-state index >= 15 is 0 Å². The summed E-state index contributed by atoms with van der Waals surface area (Å²) in [5.74, 6) is -0.285. The normalized spacial score (nSPS) is 18.4. The van der Waals surface area contributed by atoms with Gasteiger partial charge in [0.05, 0.1) is 0 Å². The fourth-order valence-corrected chi connectivity index (χ4v) is 3.32. The predicted molar refractivity (Wildman–Crippen MR) is 73.9 cm³/mol. The average molecular weight is 265 g/mol. The van der Waals surface area contributed by atoms with Crippen molar-refractivity contribution in [1.29, 1.82) is 0 Å². The molecule has 18 heavy (non-hydrogen) atoms. The van der Waals surface area contributed by atoms with Crippen LogP contribution in [-0.4, -0.2) is 22.4 Å². The highest BCUT2D eigenvalue weighted by molar-refractivity contribution is 7.99. The standard InChI is InChI=1S/C14H19NO2S/c1-9-3-6-12(10(2)7-9)18-8-14(15,13(16)17)11-4-5-11/h3,6-7,11H,4-5,8,15H2,1-2H3,(H,16,17). The van der Waals surface area contributed by atoms with E-state index in [1.54, 1.807) is 11.8 Å². The Bertz CT molecular complexity index is 471. The van der Waals surface area contributed by atoms with Crippen molar-refractivity contribution in [3.63, 3.8) is 0 Å². The molecular weight excluding hydrogens is 246 g/mol. The summed E-state index contributed by atoms with van der Waals surface area (Å²) in [4.78, 5) is 12.4. The summed E-state index contributed by atoms with van der Waals surface area (Å²) in [5, 5.41) is 9.30. The Hall–Kier alpha value is -1.00. The van der Waals surface area contributed by atoms with Crippen molar-refractivity contribution in [2.24, 2.45) is 11.7 Å². The lowest BCUT2D eigenvalue weighted by Gasteiger charge is -2.24. The van der Waals surface area contributed by atoms with Crippen molar-refractivity contribution >= 4 is 17.7 Å². The molecule has 0 amide bonds. The molecule has 0 bridgehead atoms. The van der Waals surface area contributed by atoms with Crippen LogP contribution in [-0.2, 0) is 4.79 Å². The Morgan fingerprint density at radius 2 is 2.17 bits per heavy atom. The van der Waals surface area contributed by atoms with E-state index in [4.69, 9.17) is 5.73 Å². The van der Waals surface area contributed by atoms with E-state index < -0.39 is 11.5 Å². The highest BCUT2D eigenvalue weighted by atomic mass is 32.2. The van der Waals surface area contributed by atoms with E-state index in [2.05, 4.69) is 13.0 Å². The molecule has 0 radical (unpaired) electrons. The van der Waals surface area contributed by atoms with Crippen LogP contribution in [0.3, 0.4) is 0 Å². The van der Waals surface area contributed by atoms with Gasteiger partial charge in [-0.15, -0.1) is 11.8 Å². The van der Waals surface area contributed by atoms with E-state index in [-0.39, 0.29) is 5.92 Å². The molecule has 1 aliphatic rings. The maximum atomic E-state index is 11.3. The third-order valence-corrected chi connectivity index (χ3v) is 4.89. The van der Waals surface area contributed by atoms with Crippen LogP contribution in [0.15, 0.2) is 23.1 Å². The van der Waals surface area contributed by atoms with Crippen LogP contribution in [0.5, 0.6) is 0 Å². The molecule has 1 aromatic rings. The monoisotopic (exact) mass is 265 g/mol. The number of rotatable bonds is 5. The van der Waals surface area contributed by atoms with Gasteiger partial charge in [-0.3, -0.25) is 4.79 Å². The van der Waals surface area contributed by atoms with E-state index in [1.165, 1.54) is 11.1 Å². The minimum absolute atomic E-state index is 0.147. The SMILES string of the molecule is Cc1ccc(SCC(N)(C(=O)O)C2CC2)c(C)c1. The van der Waals surface area contributed by atoms with Gasteiger partial charge in [0.2, 0.25) is 0 Å². The van der Waals surface area contributed by atoms with Gasteiger partial charge < -0.3 is 10.8 Å². The van der Waals surface area contributed by atoms with Crippen LogP contribution in [0.4, 0.5) is 0 Å². The van der Waals surface area contributed by atoms with Crippen LogP contribution in [0, 0.1) is 19.8 Å². The Balaban J connectivity index is 2.08. The van der Waals surface area contributed by atoms with Crippen molar-refractivity contribution in [1.82, 2.24) is 0 Å². The number of aryl methyl sites for hydroxylation is 2. The zero-order valence-electron chi connectivity index (χ0n) is 10.8. The Morgan fingerprint density at radius 3 is 2.67 bits per heavy atom. The van der Waals surface area contributed by atoms with E-state index in [1.807, 2.05) is 19.1 Å². The summed E-state index contributed by atoms with van der Waals surface area (Å²) >= 11 is 1.55. The lowest BCUT2D eigenvalue weighted by Crippen LogP contribution is -2.52. The third kappa shape index (κ3) is 2.70. The van der Waals surface area contributed by atoms with Gasteiger partial charge in [0.1, 0.15) is 5.54 Å². The highest BCUT2D eigenvalue weighted by Gasteiger charge is 2.48. The first kappa shape index (κ1) is 13.4. The molecule has 4 heteroatoms. The Labute approximate surface area is 112 Å². The summed E-state index contributed by atoms with van der Waals surface area (Å²) in [6.07, 6.45) is 1.88. The third-order valence-electron chi connectivity index (χ3n) is 3.50. The summed E-state index contributed by atoms with van der Waals surface area (Å²) in [5.41, 5.74) is 7.39. The first-order valence-corrected chi connectivity index (χ1v) is 7.14. The second-order valence-electron chi connectivity index (χ2n) is 5.18. The van der Waals surface area contributed by atoms with Gasteiger partial charge in [-0.2, -0.15) is 0 Å². The highest BCUT2D eigenvalue weighted by Crippen LogP contribution is 2.41. The molecule has 1 fully saturated rings. The lowest BCUT2D eigenvalue weighted by molar-refractivity contribution is -0.143. The van der Waals surface area contributed by atoms with E-state index in [0.29, 0.717) is 5.75 Å². The molecule has 1 atom stereocenters. The van der Waals surface area contributed by atoms with Crippen LogP contribution in [0.25, 0.3) is 0 Å². The van der Waals surface area contributed by atoms with Crippen LogP contribution in [0.1, 0.15) is 24.0 Å². The smallest absolute Gasteiger partial charge is 0.324 e. The van der Waals surface area contributed by atoms with E-state index in [9.17, 15) is 9.90 Å². The Morgan fingerprint density at radius 1 is 1.50 bits per heavy atom. The summed E-state index contributed by atoms with van der Waals surface area (Å²) in [6.45, 7) is 4.10. The van der Waals surface area contributed by atoms with Crippen molar-refractivity contribution < 1.29 is 9.90 Å². The number of benzene rings is 1. The predicted octanol–water partition coefficient (Wildman–Crippen LogP) is 2.59. The van der Waals surface area contributed by atoms with Crippen molar-refractivity contribution in [3.8, 4) is 0 Å². The molecule has 3 N–H and O–H groups in total. The number of thioether (sulfide) groups is 1. The van der Waals surface area contributed by atoms with Crippen LogP contribution in [0.2, 0.25) is 0 Å². The molecule has 2 rings (SSSR count). The maximum absolute atomic E-state index is 11.3. The van der Waals surface area contributed by atoms with Crippen LogP contribution >= 0.6 is 11.8 Å². The number of hydrogen-bond donors (Lipinski definition) is 2. The van der Waals surface area contributed by atoms with Crippen molar-refractivity contribution in [2.45, 2.75) is 37.1 Å². The zero-order valence-corrected chi connectivity index (χ0v) is 11.6. The minimum atomic E-state index is -1.07. The van der Waals surface area contributed by atoms with Gasteiger partial charge in [0, 0.05) is 10.6 Å². The fourth-order valence-electron chi connectivity index (χ4n) is 2.11. The van der Waals surface area contributed by atoms with Crippen LogP contribution < -0.4 is 5.73 Å². The van der Waals surface area contributed by atoms with Gasteiger partial charge in [-0.05, 0) is 44.2 Å². The molecule has 1 aromatic carbocycles. The molecule has 3 nitrogen and oxygen atoms in total. The first-order chi connectivity index (χ1) is 8.43. The average Bonchev–Trinajstić information content (AvgIpc) is 3.11. The second-order valence-corrected chi connectivity index (χ2v) is 6.19. The number of carbonyl (C=O) groups is 1. The van der Waals surface area contributed by atoms with Gasteiger partial charge >= 0.3 is 5.97 Å². The molecule has 1 aliphatic carbocycles. The molecular formula is C14H19NO2S. The molecule has 98 valence electrons. The Kier molecular flexibility index (Phi) is 3.69. The number of carboxylic acids is 1. The molecule has 1 unspecified atom stereocenters. The second kappa shape index (κ2) is 4.94. The van der Waals surface area contributed by atoms with E-state index in [0.717, 1.165) is 17.7 Å². The number of carboxylic acid groups (broad SMARTS) is 1. The van der Waals surface area contributed by atoms with Crippen molar-refractivity contribution in [2.75, 3.05) is 5.75 Å². The molecule has 0 saturated heterocycles. The summed E-state index contributed by atoms with van der Waals surface area (Å²) in [6, 6.07) is 6.20. The van der Waals surface area contributed by atoms with Gasteiger partial charge in [-0.1, -0.05) is 17.7 Å². The molecule has 0 spiro atoms. The lowest BCUT2D eigenvalue weighted by atomic mass is 9.98. The van der Waals surface area contributed by atoms with Gasteiger partial charge in [0.15, 0.2) is 0 Å². The molecule has 0 aliphatic heterocycles. The number of hydrogen-bond acceptors (Lipinski definition) is 3. The largest absolute Gasteiger partial charge is 0.480 e. The maximum Gasteiger partial charge on any atom is 0.324 e. The first-order valence-electron chi connectivity index (χ1n) is 6.16. The fraction of sp³-hybridized carbons (Fsp3) is 0.500. The molecule has 1 saturated carbocycles. The molecule has 0 aromatic heterocycles. The number of aliphatic carboxylic acids is 1. The minimum Gasteiger partial charge on any atom is -0.480 e. The quantitative estimate of drug-likeness (QED) is 0.803. The summed E-state index contributed by atoms with van der Waals surface area (Å²) in [7, 11) is 0. The number of nitrogens with two attached hydrogens (primary N) is 1. The summed E-state index contributed by atoms with van der Waals surface area (Å²) < 4.78 is 0. The van der Waals surface area contributed by atoms with Gasteiger partial charge in [0.25, 0.3) is 0 Å². The van der Waals surface area contributed by atoms with Crippen molar-refractivity contribution in [3.05, 3.63) is 29.3 Å². The topological polar surface area (TPSA) is 63.3 Å².